The summed E-state index contributed by atoms with van der Waals surface area (Å²) in [6, 6.07) is 0. The Bertz CT molecular complexity index is 1020. The summed E-state index contributed by atoms with van der Waals surface area (Å²) in [6.07, 6.45) is 4.16. The van der Waals surface area contributed by atoms with Crippen molar-refractivity contribution in [3.63, 3.8) is 0 Å². The van der Waals surface area contributed by atoms with Gasteiger partial charge in [-0.2, -0.15) is 0 Å². The van der Waals surface area contributed by atoms with E-state index in [9.17, 15) is 14.7 Å². The van der Waals surface area contributed by atoms with E-state index >= 15 is 0 Å². The SMILES string of the molecule is CCN(CC)CCN1CC2=C(c3c(C(=O)O)c[nH]c3CCC2)N1c1nnc(C(N)=O)s1. The molecular formula is C20H27N7O3S. The Hall–Kier alpha value is -2.76. The van der Waals surface area contributed by atoms with Gasteiger partial charge in [-0.25, -0.2) is 14.8 Å². The molecule has 2 aromatic rings. The average molecular weight is 446 g/mol. The van der Waals surface area contributed by atoms with Crippen molar-refractivity contribution in [1.29, 1.82) is 0 Å². The minimum atomic E-state index is -0.970. The minimum absolute atomic E-state index is 0.133. The lowest BCUT2D eigenvalue weighted by atomic mass is 10.0. The molecule has 0 fully saturated rings. The summed E-state index contributed by atoms with van der Waals surface area (Å²) >= 11 is 1.12. The van der Waals surface area contributed by atoms with E-state index in [2.05, 4.69) is 38.9 Å². The first-order valence-corrected chi connectivity index (χ1v) is 11.3. The minimum Gasteiger partial charge on any atom is -0.478 e. The van der Waals surface area contributed by atoms with Crippen LogP contribution in [0.3, 0.4) is 0 Å². The number of carboxylic acid groups (broad SMARTS) is 1. The van der Waals surface area contributed by atoms with E-state index in [1.807, 2.05) is 5.01 Å². The first-order chi connectivity index (χ1) is 14.9. The van der Waals surface area contributed by atoms with Gasteiger partial charge in [0.15, 0.2) is 0 Å². The van der Waals surface area contributed by atoms with Crippen LogP contribution in [-0.4, -0.2) is 74.8 Å². The number of anilines is 1. The number of nitrogens with two attached hydrogens (primary N) is 1. The van der Waals surface area contributed by atoms with E-state index in [0.29, 0.717) is 17.2 Å². The Kier molecular flexibility index (Phi) is 6.08. The van der Waals surface area contributed by atoms with Gasteiger partial charge in [-0.05, 0) is 37.9 Å². The molecule has 0 unspecified atom stereocenters. The molecule has 0 saturated heterocycles. The van der Waals surface area contributed by atoms with Crippen molar-refractivity contribution in [2.75, 3.05) is 37.7 Å². The molecule has 0 spiro atoms. The maximum Gasteiger partial charge on any atom is 0.337 e. The molecule has 2 aromatic heterocycles. The number of fused-ring (bicyclic) bond motifs is 2. The van der Waals surface area contributed by atoms with Crippen LogP contribution in [-0.2, 0) is 6.42 Å². The molecule has 1 amide bonds. The smallest absolute Gasteiger partial charge is 0.337 e. The third kappa shape index (κ3) is 3.95. The van der Waals surface area contributed by atoms with Crippen LogP contribution in [0.2, 0.25) is 0 Å². The zero-order chi connectivity index (χ0) is 22.1. The molecule has 1 aliphatic carbocycles. The van der Waals surface area contributed by atoms with Gasteiger partial charge in [0.05, 0.1) is 11.3 Å². The van der Waals surface area contributed by atoms with Gasteiger partial charge in [-0.1, -0.05) is 25.2 Å². The number of rotatable bonds is 8. The average Bonchev–Trinajstić information content (AvgIpc) is 3.43. The number of primary amides is 1. The summed E-state index contributed by atoms with van der Waals surface area (Å²) in [5, 5.41) is 22.8. The van der Waals surface area contributed by atoms with Crippen LogP contribution in [0, 0.1) is 0 Å². The van der Waals surface area contributed by atoms with E-state index in [1.54, 1.807) is 6.20 Å². The van der Waals surface area contributed by atoms with Crippen molar-refractivity contribution in [2.24, 2.45) is 5.73 Å². The number of H-pyrrole nitrogens is 1. The molecule has 0 saturated carbocycles. The van der Waals surface area contributed by atoms with Crippen molar-refractivity contribution in [3.05, 3.63) is 33.6 Å². The third-order valence-corrected chi connectivity index (χ3v) is 6.83. The predicted molar refractivity (Wildman–Crippen MR) is 118 cm³/mol. The number of carboxylic acids is 1. The Morgan fingerprint density at radius 1 is 1.29 bits per heavy atom. The van der Waals surface area contributed by atoms with Crippen LogP contribution < -0.4 is 10.7 Å². The first kappa shape index (κ1) is 21.5. The number of nitrogens with zero attached hydrogens (tertiary/aromatic N) is 5. The van der Waals surface area contributed by atoms with E-state index < -0.39 is 11.9 Å². The van der Waals surface area contributed by atoms with E-state index in [-0.39, 0.29) is 10.6 Å². The molecule has 2 aliphatic rings. The largest absolute Gasteiger partial charge is 0.478 e. The summed E-state index contributed by atoms with van der Waals surface area (Å²) in [5.41, 5.74) is 9.31. The predicted octanol–water partition coefficient (Wildman–Crippen LogP) is 1.79. The van der Waals surface area contributed by atoms with Crippen molar-refractivity contribution < 1.29 is 14.7 Å². The molecule has 4 N–H and O–H groups in total. The van der Waals surface area contributed by atoms with Gasteiger partial charge in [-0.3, -0.25) is 4.79 Å². The van der Waals surface area contributed by atoms with Gasteiger partial charge in [0.25, 0.3) is 5.91 Å². The lowest BCUT2D eigenvalue weighted by Gasteiger charge is -2.32. The Morgan fingerprint density at radius 2 is 2.06 bits per heavy atom. The number of nitrogens with one attached hydrogen (secondary N) is 1. The molecule has 0 bridgehead atoms. The topological polar surface area (TPSA) is 132 Å². The standard InChI is InChI=1S/C20H27N7O3S/c1-3-25(4-2)8-9-26-11-12-6-5-7-14-15(13(10-22-14)19(29)30)16(12)27(26)20-24-23-18(31-20)17(21)28/h10,22H,3-9,11H2,1-2H3,(H2,21,28)(H,29,30). The van der Waals surface area contributed by atoms with Gasteiger partial charge >= 0.3 is 5.97 Å². The molecule has 3 heterocycles. The van der Waals surface area contributed by atoms with E-state index in [4.69, 9.17) is 5.73 Å². The quantitative estimate of drug-likeness (QED) is 0.560. The summed E-state index contributed by atoms with van der Waals surface area (Å²) < 4.78 is 0. The zero-order valence-corrected chi connectivity index (χ0v) is 18.5. The highest BCUT2D eigenvalue weighted by atomic mass is 32.1. The summed E-state index contributed by atoms with van der Waals surface area (Å²) in [5.74, 6) is -1.59. The van der Waals surface area contributed by atoms with Gasteiger partial charge < -0.3 is 20.7 Å². The highest BCUT2D eigenvalue weighted by Crippen LogP contribution is 2.43. The van der Waals surface area contributed by atoms with Gasteiger partial charge in [0, 0.05) is 37.1 Å². The van der Waals surface area contributed by atoms with Crippen LogP contribution in [0.5, 0.6) is 0 Å². The van der Waals surface area contributed by atoms with Gasteiger partial charge in [0.1, 0.15) is 0 Å². The lowest BCUT2D eigenvalue weighted by molar-refractivity contribution is 0.0696. The molecule has 1 aliphatic heterocycles. The number of aryl methyl sites for hydroxylation is 1. The maximum atomic E-state index is 12.0. The summed E-state index contributed by atoms with van der Waals surface area (Å²) in [6.45, 7) is 8.45. The maximum absolute atomic E-state index is 12.0. The Labute approximate surface area is 184 Å². The number of hydrazine groups is 1. The van der Waals surface area contributed by atoms with Crippen LogP contribution in [0.1, 0.15) is 58.1 Å². The molecule has 4 rings (SSSR count). The molecule has 31 heavy (non-hydrogen) atoms. The molecule has 10 nitrogen and oxygen atoms in total. The fourth-order valence-electron chi connectivity index (χ4n) is 4.31. The Balaban J connectivity index is 1.78. The molecule has 11 heteroatoms. The van der Waals surface area contributed by atoms with Gasteiger partial charge in [0.2, 0.25) is 10.1 Å². The number of aromatic nitrogens is 3. The number of carbonyl (C=O) groups excluding carboxylic acids is 1. The fraction of sp³-hybridized carbons (Fsp3) is 0.500. The van der Waals surface area contributed by atoms with Crippen molar-refractivity contribution in [1.82, 2.24) is 25.1 Å². The number of aromatic amines is 1. The molecule has 0 radical (unpaired) electrons. The first-order valence-electron chi connectivity index (χ1n) is 10.5. The summed E-state index contributed by atoms with van der Waals surface area (Å²) in [7, 11) is 0. The highest BCUT2D eigenvalue weighted by Gasteiger charge is 2.38. The molecular weight excluding hydrogens is 418 g/mol. The lowest BCUT2D eigenvalue weighted by Crippen LogP contribution is -2.42. The zero-order valence-electron chi connectivity index (χ0n) is 17.7. The second-order valence-electron chi connectivity index (χ2n) is 7.65. The fourth-order valence-corrected chi connectivity index (χ4v) is 5.04. The number of amides is 1. The van der Waals surface area contributed by atoms with Crippen molar-refractivity contribution in [2.45, 2.75) is 33.1 Å². The number of likely N-dealkylation sites (N-methyl/N-ethyl adjacent to an activating group) is 1. The number of aromatic carboxylic acids is 1. The number of hydrogen-bond donors (Lipinski definition) is 3. The van der Waals surface area contributed by atoms with Crippen LogP contribution >= 0.6 is 11.3 Å². The number of carbonyl (C=O) groups is 2. The van der Waals surface area contributed by atoms with Crippen molar-refractivity contribution >= 4 is 34.0 Å². The number of hydrogen-bond acceptors (Lipinski definition) is 8. The van der Waals surface area contributed by atoms with E-state index in [1.165, 1.54) is 5.57 Å². The second-order valence-corrected chi connectivity index (χ2v) is 8.60. The molecule has 166 valence electrons. The normalized spacial score (nSPS) is 16.5. The second kappa shape index (κ2) is 8.77. The molecule has 0 aromatic carbocycles. The third-order valence-electron chi connectivity index (χ3n) is 5.91. The summed E-state index contributed by atoms with van der Waals surface area (Å²) in [4.78, 5) is 29.1. The van der Waals surface area contributed by atoms with Crippen molar-refractivity contribution in [3.8, 4) is 0 Å². The van der Waals surface area contributed by atoms with Gasteiger partial charge in [-0.15, -0.1) is 10.2 Å². The van der Waals surface area contributed by atoms with Crippen LogP contribution in [0.15, 0.2) is 11.8 Å². The van der Waals surface area contributed by atoms with Crippen LogP contribution in [0.4, 0.5) is 5.13 Å². The Morgan fingerprint density at radius 3 is 2.71 bits per heavy atom. The molecule has 0 atom stereocenters. The highest BCUT2D eigenvalue weighted by molar-refractivity contribution is 7.17. The van der Waals surface area contributed by atoms with E-state index in [0.717, 1.165) is 68.2 Å². The van der Waals surface area contributed by atoms with Crippen LogP contribution in [0.25, 0.3) is 5.70 Å². The monoisotopic (exact) mass is 445 g/mol.